The van der Waals surface area contributed by atoms with Crippen molar-refractivity contribution in [1.29, 1.82) is 0 Å². The predicted molar refractivity (Wildman–Crippen MR) is 95.0 cm³/mol. The number of fused-ring (bicyclic) bond motifs is 3. The van der Waals surface area contributed by atoms with E-state index in [9.17, 15) is 20.1 Å². The summed E-state index contributed by atoms with van der Waals surface area (Å²) in [6.07, 6.45) is 4.75. The lowest BCUT2D eigenvalue weighted by Gasteiger charge is -2.35. The van der Waals surface area contributed by atoms with Gasteiger partial charge in [0.2, 0.25) is 0 Å². The van der Waals surface area contributed by atoms with E-state index in [4.69, 9.17) is 4.74 Å². The third kappa shape index (κ3) is 1.79. The highest BCUT2D eigenvalue weighted by molar-refractivity contribution is 6.09. The Labute approximate surface area is 150 Å². The zero-order valence-electron chi connectivity index (χ0n) is 14.2. The van der Waals surface area contributed by atoms with Gasteiger partial charge in [-0.25, -0.2) is 0 Å². The van der Waals surface area contributed by atoms with E-state index in [1.807, 2.05) is 18.2 Å². The molecular formula is C21H18O5. The molecule has 0 fully saturated rings. The number of benzene rings is 1. The molecule has 4 aliphatic rings. The first kappa shape index (κ1) is 15.6. The summed E-state index contributed by atoms with van der Waals surface area (Å²) in [6.45, 7) is 0. The number of hydrogen-bond acceptors (Lipinski definition) is 5. The van der Waals surface area contributed by atoms with E-state index in [0.29, 0.717) is 18.4 Å². The van der Waals surface area contributed by atoms with Crippen LogP contribution < -0.4 is 0 Å². The maximum Gasteiger partial charge on any atom is 0.167 e. The number of Topliss-reactive ketones (excluding diaryl/α,β-unsaturated/α-hetero) is 1. The van der Waals surface area contributed by atoms with Gasteiger partial charge in [-0.3, -0.25) is 4.79 Å². The summed E-state index contributed by atoms with van der Waals surface area (Å²) in [6, 6.07) is 3.43. The van der Waals surface area contributed by atoms with Gasteiger partial charge in [0.15, 0.2) is 5.78 Å². The van der Waals surface area contributed by atoms with Crippen molar-refractivity contribution in [2.24, 2.45) is 0 Å². The molecule has 0 aromatic heterocycles. The molecule has 1 aromatic carbocycles. The summed E-state index contributed by atoms with van der Waals surface area (Å²) < 4.78 is 5.54. The number of ether oxygens (including phenoxy) is 1. The van der Waals surface area contributed by atoms with E-state index >= 15 is 0 Å². The van der Waals surface area contributed by atoms with E-state index in [2.05, 4.69) is 0 Å². The van der Waals surface area contributed by atoms with Gasteiger partial charge in [0.1, 0.15) is 23.7 Å². The fourth-order valence-electron chi connectivity index (χ4n) is 4.83. The molecule has 0 spiro atoms. The highest BCUT2D eigenvalue weighted by atomic mass is 16.5. The highest BCUT2D eigenvalue weighted by Crippen LogP contribution is 2.56. The molecule has 0 unspecified atom stereocenters. The van der Waals surface area contributed by atoms with Crippen LogP contribution in [0, 0.1) is 0 Å². The molecule has 132 valence electrons. The number of phenolic OH excluding ortho intramolecular Hbond substituents is 1. The standard InChI is InChI=1S/C21H18O5/c1-26-21-16-9(8-15(24)20(21)25)2-3-10-11-4-6-13(22)19-14(23)7-5-12(17(10)16)18(11)19/h2-3,5,7-8,17,20-21,23-25H,4,6H2,1H3/t17-,20-,21-/m1/s1. The number of phenols is 1. The first-order valence-electron chi connectivity index (χ1n) is 8.69. The van der Waals surface area contributed by atoms with Crippen LogP contribution in [0.4, 0.5) is 0 Å². The molecule has 1 aromatic rings. The van der Waals surface area contributed by atoms with Crippen LogP contribution >= 0.6 is 0 Å². The Hall–Kier alpha value is -2.63. The third-order valence-electron chi connectivity index (χ3n) is 5.91. The van der Waals surface area contributed by atoms with Crippen molar-refractivity contribution < 1.29 is 24.9 Å². The topological polar surface area (TPSA) is 87.0 Å². The van der Waals surface area contributed by atoms with E-state index in [0.717, 1.165) is 33.4 Å². The number of carbonyl (C=O) groups excluding carboxylic acids is 1. The first-order valence-corrected chi connectivity index (χ1v) is 8.69. The lowest BCUT2D eigenvalue weighted by atomic mass is 9.75. The molecule has 0 saturated carbocycles. The molecule has 0 aliphatic heterocycles. The monoisotopic (exact) mass is 350 g/mol. The first-order chi connectivity index (χ1) is 12.5. The van der Waals surface area contributed by atoms with Crippen molar-refractivity contribution in [3.63, 3.8) is 0 Å². The minimum atomic E-state index is -1.12. The smallest absolute Gasteiger partial charge is 0.167 e. The fourth-order valence-corrected chi connectivity index (χ4v) is 4.83. The van der Waals surface area contributed by atoms with E-state index in [1.54, 1.807) is 12.1 Å². The van der Waals surface area contributed by atoms with E-state index in [-0.39, 0.29) is 23.2 Å². The largest absolute Gasteiger partial charge is 0.509 e. The number of aliphatic hydroxyl groups excluding tert-OH is 2. The Balaban J connectivity index is 1.80. The highest BCUT2D eigenvalue weighted by Gasteiger charge is 2.45. The van der Waals surface area contributed by atoms with Gasteiger partial charge in [0, 0.05) is 19.4 Å². The van der Waals surface area contributed by atoms with Crippen LogP contribution in [0.15, 0.2) is 52.8 Å². The number of methoxy groups -OCH3 is 1. The molecule has 5 heteroatoms. The van der Waals surface area contributed by atoms with Gasteiger partial charge in [0.25, 0.3) is 0 Å². The Morgan fingerprint density at radius 1 is 1.12 bits per heavy atom. The zero-order valence-corrected chi connectivity index (χ0v) is 14.2. The van der Waals surface area contributed by atoms with Crippen LogP contribution in [0.5, 0.6) is 5.75 Å². The summed E-state index contributed by atoms with van der Waals surface area (Å²) in [5.41, 5.74) is 6.08. The van der Waals surface area contributed by atoms with Gasteiger partial charge in [-0.05, 0) is 52.0 Å². The van der Waals surface area contributed by atoms with E-state index < -0.39 is 12.2 Å². The van der Waals surface area contributed by atoms with Crippen molar-refractivity contribution in [3.05, 3.63) is 69.5 Å². The second-order valence-electron chi connectivity index (χ2n) is 7.13. The van der Waals surface area contributed by atoms with Crippen molar-refractivity contribution in [2.75, 3.05) is 7.11 Å². The average molecular weight is 350 g/mol. The average Bonchev–Trinajstić information content (AvgIpc) is 2.95. The Morgan fingerprint density at radius 3 is 2.69 bits per heavy atom. The molecule has 0 saturated heterocycles. The van der Waals surface area contributed by atoms with Gasteiger partial charge in [-0.2, -0.15) is 0 Å². The Kier molecular flexibility index (Phi) is 3.12. The second kappa shape index (κ2) is 5.19. The number of aliphatic hydroxyl groups is 2. The summed E-state index contributed by atoms with van der Waals surface area (Å²) in [7, 11) is 1.51. The van der Waals surface area contributed by atoms with Crippen LogP contribution in [0.3, 0.4) is 0 Å². The van der Waals surface area contributed by atoms with Gasteiger partial charge >= 0.3 is 0 Å². The minimum absolute atomic E-state index is 0.0212. The number of aromatic hydroxyl groups is 1. The minimum Gasteiger partial charge on any atom is -0.509 e. The molecule has 4 aliphatic carbocycles. The molecule has 5 nitrogen and oxygen atoms in total. The SMILES string of the molecule is CO[C@@H]1C2=C(C=CC3=C4CCC(=O)c5c(O)ccc(c54)[C@@H]32)C=C(O)[C@H]1O. The summed E-state index contributed by atoms with van der Waals surface area (Å²) in [5, 5.41) is 30.7. The lowest BCUT2D eigenvalue weighted by Crippen LogP contribution is -2.37. The third-order valence-corrected chi connectivity index (χ3v) is 5.91. The Morgan fingerprint density at radius 2 is 1.92 bits per heavy atom. The second-order valence-corrected chi connectivity index (χ2v) is 7.13. The zero-order chi connectivity index (χ0) is 18.2. The molecule has 26 heavy (non-hydrogen) atoms. The summed E-state index contributed by atoms with van der Waals surface area (Å²) in [4.78, 5) is 12.4. The number of allylic oxidation sites excluding steroid dienone is 6. The van der Waals surface area contributed by atoms with Crippen LogP contribution in [0.1, 0.15) is 40.2 Å². The predicted octanol–water partition coefficient (Wildman–Crippen LogP) is 2.92. The Bertz CT molecular complexity index is 992. The van der Waals surface area contributed by atoms with Crippen molar-refractivity contribution in [3.8, 4) is 5.75 Å². The molecule has 3 atom stereocenters. The molecule has 0 amide bonds. The van der Waals surface area contributed by atoms with Crippen molar-refractivity contribution in [1.82, 2.24) is 0 Å². The molecule has 0 radical (unpaired) electrons. The maximum atomic E-state index is 12.4. The number of carbonyl (C=O) groups is 1. The van der Waals surface area contributed by atoms with Gasteiger partial charge in [-0.15, -0.1) is 0 Å². The molecular weight excluding hydrogens is 332 g/mol. The quantitative estimate of drug-likeness (QED) is 0.725. The van der Waals surface area contributed by atoms with Crippen LogP contribution in [0.25, 0.3) is 5.57 Å². The van der Waals surface area contributed by atoms with Crippen LogP contribution in [-0.2, 0) is 4.74 Å². The summed E-state index contributed by atoms with van der Waals surface area (Å²) in [5.74, 6) is -0.274. The number of rotatable bonds is 1. The number of hydrogen-bond donors (Lipinski definition) is 3. The molecule has 5 rings (SSSR count). The van der Waals surface area contributed by atoms with Gasteiger partial charge in [-0.1, -0.05) is 18.2 Å². The number of ketones is 1. The van der Waals surface area contributed by atoms with Crippen LogP contribution in [-0.4, -0.2) is 40.4 Å². The maximum absolute atomic E-state index is 12.4. The van der Waals surface area contributed by atoms with Crippen molar-refractivity contribution >= 4 is 11.4 Å². The van der Waals surface area contributed by atoms with Crippen molar-refractivity contribution in [2.45, 2.75) is 31.0 Å². The van der Waals surface area contributed by atoms with Crippen LogP contribution in [0.2, 0.25) is 0 Å². The fraction of sp³-hybridized carbons (Fsp3) is 0.286. The molecule has 0 bridgehead atoms. The molecule has 3 N–H and O–H groups in total. The van der Waals surface area contributed by atoms with Gasteiger partial charge < -0.3 is 20.1 Å². The normalized spacial score (nSPS) is 28.8. The summed E-state index contributed by atoms with van der Waals surface area (Å²) >= 11 is 0. The van der Waals surface area contributed by atoms with E-state index in [1.165, 1.54) is 7.11 Å². The van der Waals surface area contributed by atoms with Gasteiger partial charge in [0.05, 0.1) is 5.56 Å². The lowest BCUT2D eigenvalue weighted by molar-refractivity contribution is 0.00451. The molecule has 0 heterocycles.